The van der Waals surface area contributed by atoms with Crippen LogP contribution in [0.15, 0.2) is 54.6 Å². The van der Waals surface area contributed by atoms with E-state index in [1.165, 1.54) is 29.8 Å². The highest BCUT2D eigenvalue weighted by Crippen LogP contribution is 2.46. The maximum atomic E-state index is 2.48. The zero-order valence-electron chi connectivity index (χ0n) is 13.9. The summed E-state index contributed by atoms with van der Waals surface area (Å²) in [6.07, 6.45) is 2.46. The number of hydrogen-bond donors (Lipinski definition) is 0. The van der Waals surface area contributed by atoms with Crippen molar-refractivity contribution >= 4 is 11.4 Å². The van der Waals surface area contributed by atoms with Crippen LogP contribution in [-0.4, -0.2) is 32.1 Å². The lowest BCUT2D eigenvalue weighted by atomic mass is 9.80. The topological polar surface area (TPSA) is 6.48 Å². The van der Waals surface area contributed by atoms with Gasteiger partial charge >= 0.3 is 0 Å². The van der Waals surface area contributed by atoms with E-state index in [2.05, 4.69) is 85.4 Å². The van der Waals surface area contributed by atoms with Crippen LogP contribution >= 0.6 is 0 Å². The molecule has 0 aliphatic carbocycles. The van der Waals surface area contributed by atoms with Crippen molar-refractivity contribution in [3.8, 4) is 0 Å². The molecule has 0 bridgehead atoms. The summed E-state index contributed by atoms with van der Waals surface area (Å²) in [7, 11) is 4.31. The highest BCUT2D eigenvalue weighted by molar-refractivity contribution is 5.72. The molecule has 0 radical (unpaired) electrons. The number of rotatable bonds is 5. The predicted octanol–water partition coefficient (Wildman–Crippen LogP) is 4.44. The van der Waals surface area contributed by atoms with Gasteiger partial charge in [0.25, 0.3) is 0 Å². The minimum atomic E-state index is 0.239. The summed E-state index contributed by atoms with van der Waals surface area (Å²) in [5, 5.41) is 0. The minimum absolute atomic E-state index is 0.239. The molecule has 1 atom stereocenters. The van der Waals surface area contributed by atoms with E-state index in [9.17, 15) is 0 Å². The number of hydrogen-bond acceptors (Lipinski definition) is 2. The van der Waals surface area contributed by atoms with Crippen molar-refractivity contribution in [2.75, 3.05) is 32.1 Å². The molecule has 0 saturated carbocycles. The van der Waals surface area contributed by atoms with E-state index in [1.54, 1.807) is 0 Å². The summed E-state index contributed by atoms with van der Waals surface area (Å²) in [6.45, 7) is 4.65. The van der Waals surface area contributed by atoms with Crippen molar-refractivity contribution in [2.45, 2.75) is 25.2 Å². The van der Waals surface area contributed by atoms with Crippen LogP contribution in [0.3, 0.4) is 0 Å². The highest BCUT2D eigenvalue weighted by atomic mass is 15.2. The van der Waals surface area contributed by atoms with Gasteiger partial charge in [-0.25, -0.2) is 0 Å². The molecule has 1 aliphatic heterocycles. The number of para-hydroxylation sites is 2. The monoisotopic (exact) mass is 294 g/mol. The van der Waals surface area contributed by atoms with Crippen molar-refractivity contribution in [1.29, 1.82) is 0 Å². The van der Waals surface area contributed by atoms with Crippen LogP contribution in [0.5, 0.6) is 0 Å². The molecule has 0 saturated heterocycles. The Kier molecular flexibility index (Phi) is 4.21. The third-order valence-electron chi connectivity index (χ3n) is 4.75. The number of fused-ring (bicyclic) bond motifs is 1. The zero-order chi connectivity index (χ0) is 15.6. The Hall–Kier alpha value is -1.80. The Bertz CT molecular complexity index is 621. The SMILES string of the molecule is CN(C)CCCC1(C)CN(c2ccccc2)c2ccccc21. The third kappa shape index (κ3) is 2.89. The first kappa shape index (κ1) is 15.1. The lowest BCUT2D eigenvalue weighted by Gasteiger charge is -2.27. The second-order valence-corrected chi connectivity index (χ2v) is 6.91. The molecule has 3 rings (SSSR count). The quantitative estimate of drug-likeness (QED) is 0.804. The molecule has 0 aromatic heterocycles. The molecule has 0 fully saturated rings. The molecule has 0 spiro atoms. The first-order chi connectivity index (χ1) is 10.6. The van der Waals surface area contributed by atoms with Gasteiger partial charge in [-0.2, -0.15) is 0 Å². The number of benzene rings is 2. The van der Waals surface area contributed by atoms with Crippen LogP contribution in [0.2, 0.25) is 0 Å². The molecular weight excluding hydrogens is 268 g/mol. The summed E-state index contributed by atoms with van der Waals surface area (Å²) in [4.78, 5) is 4.75. The van der Waals surface area contributed by atoms with Crippen molar-refractivity contribution in [2.24, 2.45) is 0 Å². The van der Waals surface area contributed by atoms with E-state index >= 15 is 0 Å². The Morgan fingerprint density at radius 3 is 2.41 bits per heavy atom. The summed E-state index contributed by atoms with van der Waals surface area (Å²) in [5.41, 5.74) is 4.41. The average Bonchev–Trinajstić information content (AvgIpc) is 2.82. The van der Waals surface area contributed by atoms with E-state index in [1.807, 2.05) is 0 Å². The zero-order valence-corrected chi connectivity index (χ0v) is 13.9. The molecule has 22 heavy (non-hydrogen) atoms. The van der Waals surface area contributed by atoms with Gasteiger partial charge in [0.2, 0.25) is 0 Å². The van der Waals surface area contributed by atoms with Gasteiger partial charge in [0.1, 0.15) is 0 Å². The summed E-state index contributed by atoms with van der Waals surface area (Å²) in [5.74, 6) is 0. The van der Waals surface area contributed by atoms with Crippen LogP contribution in [0.25, 0.3) is 0 Å². The Labute approximate surface area is 134 Å². The lowest BCUT2D eigenvalue weighted by Crippen LogP contribution is -2.29. The number of nitrogens with zero attached hydrogens (tertiary/aromatic N) is 2. The van der Waals surface area contributed by atoms with Gasteiger partial charge in [0, 0.05) is 23.3 Å². The molecule has 2 heteroatoms. The minimum Gasteiger partial charge on any atom is -0.340 e. The van der Waals surface area contributed by atoms with E-state index in [-0.39, 0.29) is 5.41 Å². The first-order valence-corrected chi connectivity index (χ1v) is 8.17. The standard InChI is InChI=1S/C20H26N2/c1-20(14-9-15-21(2)3)16-22(17-10-5-4-6-11-17)19-13-8-7-12-18(19)20/h4-8,10-13H,9,14-16H2,1-3H3. The summed E-state index contributed by atoms with van der Waals surface area (Å²) >= 11 is 0. The van der Waals surface area contributed by atoms with Gasteiger partial charge in [-0.15, -0.1) is 0 Å². The molecule has 1 heterocycles. The lowest BCUT2D eigenvalue weighted by molar-refractivity contribution is 0.357. The molecule has 0 N–H and O–H groups in total. The largest absolute Gasteiger partial charge is 0.340 e. The molecule has 2 aromatic carbocycles. The maximum absolute atomic E-state index is 2.48. The van der Waals surface area contributed by atoms with Crippen LogP contribution in [-0.2, 0) is 5.41 Å². The third-order valence-corrected chi connectivity index (χ3v) is 4.75. The number of anilines is 2. The van der Waals surface area contributed by atoms with Gasteiger partial charge in [-0.05, 0) is 57.2 Å². The Morgan fingerprint density at radius 2 is 1.68 bits per heavy atom. The van der Waals surface area contributed by atoms with E-state index < -0.39 is 0 Å². The molecule has 1 unspecified atom stereocenters. The Balaban J connectivity index is 1.88. The van der Waals surface area contributed by atoms with Gasteiger partial charge < -0.3 is 9.80 Å². The molecule has 2 aromatic rings. The normalized spacial score (nSPS) is 20.5. The van der Waals surface area contributed by atoms with Crippen LogP contribution in [0.1, 0.15) is 25.3 Å². The molecular formula is C20H26N2. The predicted molar refractivity (Wildman–Crippen MR) is 95.0 cm³/mol. The van der Waals surface area contributed by atoms with Crippen LogP contribution in [0, 0.1) is 0 Å². The van der Waals surface area contributed by atoms with E-state index in [0.717, 1.165) is 13.1 Å². The second kappa shape index (κ2) is 6.13. The first-order valence-electron chi connectivity index (χ1n) is 8.17. The Morgan fingerprint density at radius 1 is 1.00 bits per heavy atom. The fraction of sp³-hybridized carbons (Fsp3) is 0.400. The molecule has 1 aliphatic rings. The van der Waals surface area contributed by atoms with Gasteiger partial charge in [0.05, 0.1) is 0 Å². The maximum Gasteiger partial charge on any atom is 0.0449 e. The van der Waals surface area contributed by atoms with Crippen LogP contribution < -0.4 is 4.90 Å². The van der Waals surface area contributed by atoms with Crippen molar-refractivity contribution in [3.63, 3.8) is 0 Å². The fourth-order valence-electron chi connectivity index (χ4n) is 3.58. The van der Waals surface area contributed by atoms with E-state index in [4.69, 9.17) is 0 Å². The summed E-state index contributed by atoms with van der Waals surface area (Å²) < 4.78 is 0. The van der Waals surface area contributed by atoms with Gasteiger partial charge in [-0.3, -0.25) is 0 Å². The molecule has 0 amide bonds. The molecule has 2 nitrogen and oxygen atoms in total. The smallest absolute Gasteiger partial charge is 0.0449 e. The van der Waals surface area contributed by atoms with Crippen molar-refractivity contribution in [1.82, 2.24) is 4.90 Å². The summed E-state index contributed by atoms with van der Waals surface area (Å²) in [6, 6.07) is 19.7. The second-order valence-electron chi connectivity index (χ2n) is 6.91. The highest BCUT2D eigenvalue weighted by Gasteiger charge is 2.38. The van der Waals surface area contributed by atoms with Gasteiger partial charge in [-0.1, -0.05) is 43.3 Å². The van der Waals surface area contributed by atoms with E-state index in [0.29, 0.717) is 0 Å². The molecule has 116 valence electrons. The average molecular weight is 294 g/mol. The van der Waals surface area contributed by atoms with Crippen LogP contribution in [0.4, 0.5) is 11.4 Å². The van der Waals surface area contributed by atoms with Gasteiger partial charge in [0.15, 0.2) is 0 Å². The van der Waals surface area contributed by atoms with Crippen molar-refractivity contribution < 1.29 is 0 Å². The van der Waals surface area contributed by atoms with Crippen molar-refractivity contribution in [3.05, 3.63) is 60.2 Å². The fourth-order valence-corrected chi connectivity index (χ4v) is 3.58.